The highest BCUT2D eigenvalue weighted by Crippen LogP contribution is 2.37. The molecular weight excluding hydrogens is 467 g/mol. The maximum absolute atomic E-state index is 13.4. The van der Waals surface area contributed by atoms with Crippen LogP contribution >= 0.6 is 0 Å². The smallest absolute Gasteiger partial charge is 0.231 e. The molecule has 2 aromatic carbocycles. The molecule has 2 amide bonds. The van der Waals surface area contributed by atoms with Gasteiger partial charge in [-0.15, -0.1) is 0 Å². The van der Waals surface area contributed by atoms with E-state index in [0.29, 0.717) is 67.3 Å². The van der Waals surface area contributed by atoms with Crippen LogP contribution in [-0.4, -0.2) is 59.7 Å². The molecule has 1 aromatic heterocycles. The first kappa shape index (κ1) is 22.5. The van der Waals surface area contributed by atoms with Crippen LogP contribution in [0.2, 0.25) is 0 Å². The third-order valence-electron chi connectivity index (χ3n) is 6.94. The standard InChI is InChI=1S/C26H25FN4O5/c27-19-5-3-16(4-6-19)24-28-25(36-29-24)17-2-1-9-30(14-17)26(33)18-12-23(32)31(15-18)20-7-8-21-22(13-20)35-11-10-34-21/h3-8,13,17-18H,1-2,9-12,14-15H2. The van der Waals surface area contributed by atoms with Crippen molar-refractivity contribution in [1.29, 1.82) is 0 Å². The zero-order valence-corrected chi connectivity index (χ0v) is 19.6. The predicted octanol–water partition coefficient (Wildman–Crippen LogP) is 3.41. The van der Waals surface area contributed by atoms with Crippen molar-refractivity contribution in [2.45, 2.75) is 25.2 Å². The summed E-state index contributed by atoms with van der Waals surface area (Å²) in [6, 6.07) is 11.3. The SMILES string of the molecule is O=C(C1CC(=O)N(c2ccc3c(c2)OCCO3)C1)N1CCCC(c2nc(-c3ccc(F)cc3)no2)C1. The second-order valence-electron chi connectivity index (χ2n) is 9.32. The summed E-state index contributed by atoms with van der Waals surface area (Å²) in [5, 5.41) is 4.04. The average molecular weight is 493 g/mol. The summed E-state index contributed by atoms with van der Waals surface area (Å²) in [5.41, 5.74) is 1.37. The molecule has 3 aromatic rings. The van der Waals surface area contributed by atoms with Crippen LogP contribution in [0.15, 0.2) is 47.0 Å². The number of carbonyl (C=O) groups excluding carboxylic acids is 2. The van der Waals surface area contributed by atoms with Crippen molar-refractivity contribution in [2.24, 2.45) is 5.92 Å². The van der Waals surface area contributed by atoms with Gasteiger partial charge in [0.2, 0.25) is 23.5 Å². The zero-order chi connectivity index (χ0) is 24.6. The molecule has 10 heteroatoms. The molecule has 3 aliphatic heterocycles. The van der Waals surface area contributed by atoms with Gasteiger partial charge < -0.3 is 23.8 Å². The first-order chi connectivity index (χ1) is 17.5. The average Bonchev–Trinajstić information content (AvgIpc) is 3.56. The lowest BCUT2D eigenvalue weighted by Gasteiger charge is -2.32. The number of benzene rings is 2. The van der Waals surface area contributed by atoms with Gasteiger partial charge in [0.1, 0.15) is 19.0 Å². The van der Waals surface area contributed by atoms with Gasteiger partial charge in [-0.1, -0.05) is 5.16 Å². The van der Waals surface area contributed by atoms with Gasteiger partial charge in [0.25, 0.3) is 0 Å². The Bertz CT molecular complexity index is 1290. The number of hydrogen-bond acceptors (Lipinski definition) is 7. The van der Waals surface area contributed by atoms with Gasteiger partial charge in [-0.2, -0.15) is 4.98 Å². The second-order valence-corrected chi connectivity index (χ2v) is 9.32. The van der Waals surface area contributed by atoms with E-state index in [-0.39, 0.29) is 30.0 Å². The molecular formula is C26H25FN4O5. The van der Waals surface area contributed by atoms with Crippen LogP contribution in [0, 0.1) is 11.7 Å². The lowest BCUT2D eigenvalue weighted by molar-refractivity contribution is -0.137. The number of hydrogen-bond donors (Lipinski definition) is 0. The van der Waals surface area contributed by atoms with E-state index in [0.717, 1.165) is 12.8 Å². The maximum Gasteiger partial charge on any atom is 0.231 e. The van der Waals surface area contributed by atoms with Crippen molar-refractivity contribution < 1.29 is 28.0 Å². The minimum absolute atomic E-state index is 0.0358. The molecule has 4 heterocycles. The molecule has 0 aliphatic carbocycles. The van der Waals surface area contributed by atoms with Gasteiger partial charge in [0.05, 0.1) is 11.8 Å². The maximum atomic E-state index is 13.4. The van der Waals surface area contributed by atoms with Crippen molar-refractivity contribution in [2.75, 3.05) is 37.7 Å². The fourth-order valence-electron chi connectivity index (χ4n) is 5.08. The molecule has 0 radical (unpaired) electrons. The first-order valence-corrected chi connectivity index (χ1v) is 12.1. The van der Waals surface area contributed by atoms with Crippen LogP contribution in [0.5, 0.6) is 11.5 Å². The highest BCUT2D eigenvalue weighted by Gasteiger charge is 2.39. The van der Waals surface area contributed by atoms with Crippen molar-refractivity contribution in [3.8, 4) is 22.9 Å². The highest BCUT2D eigenvalue weighted by molar-refractivity contribution is 6.00. The number of anilines is 1. The number of halogens is 1. The van der Waals surface area contributed by atoms with Crippen LogP contribution in [0.1, 0.15) is 31.1 Å². The van der Waals surface area contributed by atoms with Crippen molar-refractivity contribution in [3.05, 3.63) is 54.2 Å². The highest BCUT2D eigenvalue weighted by atomic mass is 19.1. The Morgan fingerprint density at radius 3 is 2.67 bits per heavy atom. The van der Waals surface area contributed by atoms with Crippen molar-refractivity contribution >= 4 is 17.5 Å². The lowest BCUT2D eigenvalue weighted by atomic mass is 9.96. The monoisotopic (exact) mass is 492 g/mol. The Labute approximate surface area is 206 Å². The molecule has 2 atom stereocenters. The van der Waals surface area contributed by atoms with Crippen LogP contribution in [0.4, 0.5) is 10.1 Å². The Kier molecular flexibility index (Phi) is 5.79. The molecule has 0 N–H and O–H groups in total. The summed E-state index contributed by atoms with van der Waals surface area (Å²) in [7, 11) is 0. The molecule has 9 nitrogen and oxygen atoms in total. The normalized spacial score (nSPS) is 21.6. The molecule has 0 bridgehead atoms. The Balaban J connectivity index is 1.12. The van der Waals surface area contributed by atoms with E-state index in [9.17, 15) is 14.0 Å². The number of ether oxygens (including phenoxy) is 2. The van der Waals surface area contributed by atoms with Gasteiger partial charge in [-0.05, 0) is 49.2 Å². The summed E-state index contributed by atoms with van der Waals surface area (Å²) >= 11 is 0. The molecule has 2 fully saturated rings. The number of likely N-dealkylation sites (tertiary alicyclic amines) is 1. The number of nitrogens with zero attached hydrogens (tertiary/aromatic N) is 4. The van der Waals surface area contributed by atoms with E-state index in [4.69, 9.17) is 14.0 Å². The second kappa shape index (κ2) is 9.25. The lowest BCUT2D eigenvalue weighted by Crippen LogP contribution is -2.43. The fraction of sp³-hybridized carbons (Fsp3) is 0.385. The minimum Gasteiger partial charge on any atom is -0.486 e. The van der Waals surface area contributed by atoms with E-state index in [1.54, 1.807) is 34.1 Å². The van der Waals surface area contributed by atoms with Crippen LogP contribution in [-0.2, 0) is 9.59 Å². The van der Waals surface area contributed by atoms with Crippen molar-refractivity contribution in [3.63, 3.8) is 0 Å². The van der Waals surface area contributed by atoms with E-state index in [2.05, 4.69) is 10.1 Å². The first-order valence-electron chi connectivity index (χ1n) is 12.1. The van der Waals surface area contributed by atoms with E-state index < -0.39 is 5.92 Å². The van der Waals surface area contributed by atoms with E-state index >= 15 is 0 Å². The van der Waals surface area contributed by atoms with Crippen LogP contribution < -0.4 is 14.4 Å². The topological polar surface area (TPSA) is 98.0 Å². The summed E-state index contributed by atoms with van der Waals surface area (Å²) in [5.74, 6) is 1.18. The van der Waals surface area contributed by atoms with E-state index in [1.165, 1.54) is 12.1 Å². The molecule has 6 rings (SSSR count). The zero-order valence-electron chi connectivity index (χ0n) is 19.6. The molecule has 0 spiro atoms. The number of amides is 2. The molecule has 186 valence electrons. The number of aromatic nitrogens is 2. The molecule has 2 saturated heterocycles. The van der Waals surface area contributed by atoms with Gasteiger partial charge in [-0.25, -0.2) is 4.39 Å². The van der Waals surface area contributed by atoms with Crippen LogP contribution in [0.25, 0.3) is 11.4 Å². The summed E-state index contributed by atoms with van der Waals surface area (Å²) in [6.45, 7) is 2.38. The molecule has 0 saturated carbocycles. The third kappa shape index (κ3) is 4.27. The quantitative estimate of drug-likeness (QED) is 0.551. The summed E-state index contributed by atoms with van der Waals surface area (Å²) in [6.07, 6.45) is 1.79. The molecule has 2 unspecified atom stereocenters. The predicted molar refractivity (Wildman–Crippen MR) is 126 cm³/mol. The number of carbonyl (C=O) groups is 2. The van der Waals surface area contributed by atoms with E-state index in [1.807, 2.05) is 6.07 Å². The Morgan fingerprint density at radius 1 is 1.03 bits per heavy atom. The van der Waals surface area contributed by atoms with Gasteiger partial charge >= 0.3 is 0 Å². The Morgan fingerprint density at radius 2 is 1.83 bits per heavy atom. The Hall–Kier alpha value is -3.95. The van der Waals surface area contributed by atoms with Crippen molar-refractivity contribution in [1.82, 2.24) is 15.0 Å². The molecule has 3 aliphatic rings. The third-order valence-corrected chi connectivity index (χ3v) is 6.94. The van der Waals surface area contributed by atoms with Gasteiger partial charge in [0, 0.05) is 43.4 Å². The number of rotatable bonds is 4. The molecule has 36 heavy (non-hydrogen) atoms. The summed E-state index contributed by atoms with van der Waals surface area (Å²) < 4.78 is 29.9. The van der Waals surface area contributed by atoms with Gasteiger partial charge in [-0.3, -0.25) is 9.59 Å². The number of fused-ring (bicyclic) bond motifs is 1. The number of piperidine rings is 1. The minimum atomic E-state index is -0.415. The van der Waals surface area contributed by atoms with Gasteiger partial charge in [0.15, 0.2) is 11.5 Å². The fourth-order valence-corrected chi connectivity index (χ4v) is 5.08. The summed E-state index contributed by atoms with van der Waals surface area (Å²) in [4.78, 5) is 34.2. The van der Waals surface area contributed by atoms with Crippen LogP contribution in [0.3, 0.4) is 0 Å². The largest absolute Gasteiger partial charge is 0.486 e.